The first kappa shape index (κ1) is 11.6. The lowest BCUT2D eigenvalue weighted by Gasteiger charge is -2.18. The summed E-state index contributed by atoms with van der Waals surface area (Å²) in [7, 11) is 0. The molecule has 0 spiro atoms. The molecule has 2 aliphatic rings. The Morgan fingerprint density at radius 2 is 2.22 bits per heavy atom. The van der Waals surface area contributed by atoms with E-state index in [1.165, 1.54) is 12.3 Å². The Morgan fingerprint density at radius 1 is 1.39 bits per heavy atom. The molecule has 1 saturated carbocycles. The number of fused-ring (bicyclic) bond motifs is 1. The van der Waals surface area contributed by atoms with Crippen LogP contribution in [0, 0.1) is 17.7 Å². The number of hydrogen-bond donors (Lipinski definition) is 1. The Kier molecular flexibility index (Phi) is 2.78. The van der Waals surface area contributed by atoms with E-state index in [9.17, 15) is 9.18 Å². The Labute approximate surface area is 105 Å². The maximum Gasteiger partial charge on any atom is 0.255 e. The fraction of sp³-hybridized carbons (Fsp3) is 0.538. The van der Waals surface area contributed by atoms with Crippen molar-refractivity contribution < 1.29 is 9.18 Å². The van der Waals surface area contributed by atoms with E-state index in [0.29, 0.717) is 23.9 Å². The van der Waals surface area contributed by atoms with Gasteiger partial charge < -0.3 is 10.6 Å². The highest BCUT2D eigenvalue weighted by atomic mass is 19.1. The monoisotopic (exact) mass is 249 g/mol. The maximum atomic E-state index is 13.1. The van der Waals surface area contributed by atoms with Gasteiger partial charge in [0.1, 0.15) is 5.82 Å². The van der Waals surface area contributed by atoms with Gasteiger partial charge in [0.05, 0.1) is 11.8 Å². The molecule has 1 amide bonds. The van der Waals surface area contributed by atoms with Gasteiger partial charge in [-0.3, -0.25) is 9.78 Å². The van der Waals surface area contributed by atoms with Crippen LogP contribution in [0.25, 0.3) is 0 Å². The van der Waals surface area contributed by atoms with Crippen LogP contribution < -0.4 is 5.73 Å². The average molecular weight is 249 g/mol. The molecule has 96 valence electrons. The van der Waals surface area contributed by atoms with Crippen molar-refractivity contribution in [3.8, 4) is 0 Å². The quantitative estimate of drug-likeness (QED) is 0.808. The van der Waals surface area contributed by atoms with Crippen LogP contribution in [0.4, 0.5) is 4.39 Å². The van der Waals surface area contributed by atoms with Crippen LogP contribution >= 0.6 is 0 Å². The first-order valence-electron chi connectivity index (χ1n) is 6.30. The van der Waals surface area contributed by atoms with Gasteiger partial charge in [0.15, 0.2) is 0 Å². The molecular weight excluding hydrogens is 233 g/mol. The minimum absolute atomic E-state index is 0.136. The Balaban J connectivity index is 1.75. The molecule has 3 rings (SSSR count). The van der Waals surface area contributed by atoms with Crippen LogP contribution in [0.15, 0.2) is 18.5 Å². The van der Waals surface area contributed by atoms with Crippen molar-refractivity contribution in [1.29, 1.82) is 0 Å². The van der Waals surface area contributed by atoms with E-state index in [0.717, 1.165) is 25.6 Å². The summed E-state index contributed by atoms with van der Waals surface area (Å²) in [5.41, 5.74) is 6.36. The van der Waals surface area contributed by atoms with Crippen molar-refractivity contribution in [2.45, 2.75) is 18.9 Å². The zero-order valence-electron chi connectivity index (χ0n) is 10.1. The van der Waals surface area contributed by atoms with Gasteiger partial charge in [-0.15, -0.1) is 0 Å². The highest BCUT2D eigenvalue weighted by Crippen LogP contribution is 2.37. The normalized spacial score (nSPS) is 30.6. The van der Waals surface area contributed by atoms with Gasteiger partial charge >= 0.3 is 0 Å². The third-order valence-corrected chi connectivity index (χ3v) is 4.15. The third kappa shape index (κ3) is 1.88. The third-order valence-electron chi connectivity index (χ3n) is 4.15. The molecule has 18 heavy (non-hydrogen) atoms. The molecule has 4 nitrogen and oxygen atoms in total. The molecule has 0 bridgehead atoms. The van der Waals surface area contributed by atoms with E-state index in [4.69, 9.17) is 5.73 Å². The van der Waals surface area contributed by atoms with Crippen molar-refractivity contribution in [1.82, 2.24) is 9.88 Å². The molecule has 2 N–H and O–H groups in total. The zero-order chi connectivity index (χ0) is 12.7. The summed E-state index contributed by atoms with van der Waals surface area (Å²) >= 11 is 0. The number of halogens is 1. The van der Waals surface area contributed by atoms with Gasteiger partial charge in [-0.05, 0) is 30.7 Å². The number of amides is 1. The molecule has 3 atom stereocenters. The fourth-order valence-electron chi connectivity index (χ4n) is 3.18. The number of carbonyl (C=O) groups excluding carboxylic acids is 1. The summed E-state index contributed by atoms with van der Waals surface area (Å²) in [4.78, 5) is 17.7. The molecule has 0 radical (unpaired) electrons. The molecule has 2 heterocycles. The van der Waals surface area contributed by atoms with E-state index in [2.05, 4.69) is 4.98 Å². The summed E-state index contributed by atoms with van der Waals surface area (Å²) < 4.78 is 13.1. The number of aromatic nitrogens is 1. The van der Waals surface area contributed by atoms with Crippen molar-refractivity contribution in [2.24, 2.45) is 17.6 Å². The number of carbonyl (C=O) groups is 1. The lowest BCUT2D eigenvalue weighted by molar-refractivity contribution is 0.0778. The van der Waals surface area contributed by atoms with Gasteiger partial charge in [0, 0.05) is 25.3 Å². The maximum absolute atomic E-state index is 13.1. The first-order valence-corrected chi connectivity index (χ1v) is 6.30. The Morgan fingerprint density at radius 3 is 2.94 bits per heavy atom. The standard InChI is InChI=1S/C13H16FN3O/c14-10-3-9(4-16-5-10)13(18)17-6-8-1-2-12(15)11(8)7-17/h3-5,8,11-12H,1-2,6-7,15H2. The van der Waals surface area contributed by atoms with Crippen LogP contribution in [-0.2, 0) is 0 Å². The van der Waals surface area contributed by atoms with Crippen molar-refractivity contribution in [2.75, 3.05) is 13.1 Å². The number of rotatable bonds is 1. The largest absolute Gasteiger partial charge is 0.338 e. The number of pyridine rings is 1. The fourth-order valence-corrected chi connectivity index (χ4v) is 3.18. The highest BCUT2D eigenvalue weighted by Gasteiger charge is 2.42. The topological polar surface area (TPSA) is 59.2 Å². The van der Waals surface area contributed by atoms with E-state index in [-0.39, 0.29) is 11.9 Å². The first-order chi connectivity index (χ1) is 8.65. The minimum Gasteiger partial charge on any atom is -0.338 e. The molecular formula is C13H16FN3O. The summed E-state index contributed by atoms with van der Waals surface area (Å²) in [6, 6.07) is 1.45. The van der Waals surface area contributed by atoms with Crippen LogP contribution in [0.2, 0.25) is 0 Å². The predicted molar refractivity (Wildman–Crippen MR) is 64.3 cm³/mol. The van der Waals surface area contributed by atoms with Crippen LogP contribution in [-0.4, -0.2) is 34.9 Å². The number of nitrogens with two attached hydrogens (primary N) is 1. The minimum atomic E-state index is -0.475. The smallest absolute Gasteiger partial charge is 0.255 e. The van der Waals surface area contributed by atoms with E-state index < -0.39 is 5.82 Å². The van der Waals surface area contributed by atoms with Crippen LogP contribution in [0.1, 0.15) is 23.2 Å². The second-order valence-corrected chi connectivity index (χ2v) is 5.27. The van der Waals surface area contributed by atoms with E-state index >= 15 is 0 Å². The molecule has 5 heteroatoms. The van der Waals surface area contributed by atoms with Crippen molar-refractivity contribution >= 4 is 5.91 Å². The second-order valence-electron chi connectivity index (χ2n) is 5.27. The average Bonchev–Trinajstić information content (AvgIpc) is 2.91. The van der Waals surface area contributed by atoms with Crippen LogP contribution in [0.5, 0.6) is 0 Å². The molecule has 3 unspecified atom stereocenters. The molecule has 2 fully saturated rings. The molecule has 1 aromatic heterocycles. The van der Waals surface area contributed by atoms with Gasteiger partial charge in [0.2, 0.25) is 0 Å². The summed E-state index contributed by atoms with van der Waals surface area (Å²) in [6.07, 6.45) is 4.67. The SMILES string of the molecule is NC1CCC2CN(C(=O)c3cncc(F)c3)CC12. The molecule has 0 aromatic carbocycles. The zero-order valence-corrected chi connectivity index (χ0v) is 10.1. The summed E-state index contributed by atoms with van der Waals surface area (Å²) in [5, 5.41) is 0. The number of hydrogen-bond acceptors (Lipinski definition) is 3. The highest BCUT2D eigenvalue weighted by molar-refractivity contribution is 5.94. The van der Waals surface area contributed by atoms with E-state index in [1.807, 2.05) is 0 Å². The van der Waals surface area contributed by atoms with Crippen molar-refractivity contribution in [3.63, 3.8) is 0 Å². The van der Waals surface area contributed by atoms with E-state index in [1.54, 1.807) is 4.90 Å². The summed E-state index contributed by atoms with van der Waals surface area (Å²) in [6.45, 7) is 1.44. The molecule has 1 aliphatic carbocycles. The van der Waals surface area contributed by atoms with Gasteiger partial charge in [0.25, 0.3) is 5.91 Å². The number of likely N-dealkylation sites (tertiary alicyclic amines) is 1. The molecule has 1 saturated heterocycles. The number of nitrogens with zero attached hydrogens (tertiary/aromatic N) is 2. The lowest BCUT2D eigenvalue weighted by atomic mass is 9.98. The molecule has 1 aliphatic heterocycles. The van der Waals surface area contributed by atoms with Gasteiger partial charge in [-0.1, -0.05) is 0 Å². The predicted octanol–water partition coefficient (Wildman–Crippen LogP) is 1.03. The summed E-state index contributed by atoms with van der Waals surface area (Å²) in [5.74, 6) is 0.321. The van der Waals surface area contributed by atoms with Crippen LogP contribution in [0.3, 0.4) is 0 Å². The Hall–Kier alpha value is -1.49. The lowest BCUT2D eigenvalue weighted by Crippen LogP contribution is -2.33. The van der Waals surface area contributed by atoms with Crippen molar-refractivity contribution in [3.05, 3.63) is 29.8 Å². The van der Waals surface area contributed by atoms with Gasteiger partial charge in [-0.25, -0.2) is 4.39 Å². The second kappa shape index (κ2) is 4.31. The molecule has 1 aromatic rings. The Bertz CT molecular complexity index is 479. The van der Waals surface area contributed by atoms with Gasteiger partial charge in [-0.2, -0.15) is 0 Å².